The summed E-state index contributed by atoms with van der Waals surface area (Å²) in [5.41, 5.74) is 4.38. The van der Waals surface area contributed by atoms with Crippen LogP contribution in [-0.2, 0) is 4.79 Å². The van der Waals surface area contributed by atoms with Crippen molar-refractivity contribution in [3.63, 3.8) is 0 Å². The highest BCUT2D eigenvalue weighted by Gasteiger charge is 2.11. The van der Waals surface area contributed by atoms with Gasteiger partial charge in [0, 0.05) is 10.0 Å². The first-order valence-electron chi connectivity index (χ1n) is 9.62. The first kappa shape index (κ1) is 23.0. The molecule has 0 aliphatic rings. The number of ether oxygens (including phenoxy) is 3. The molecular formula is C24H21BrN2O5. The topological polar surface area (TPSA) is 86.2 Å². The van der Waals surface area contributed by atoms with E-state index in [0.29, 0.717) is 28.4 Å². The third-order valence-corrected chi connectivity index (χ3v) is 4.78. The molecule has 0 aliphatic carbocycles. The lowest BCUT2D eigenvalue weighted by atomic mass is 10.1. The number of nitrogens with one attached hydrogen (secondary N) is 1. The number of hydrazone groups is 1. The molecule has 32 heavy (non-hydrogen) atoms. The highest BCUT2D eigenvalue weighted by Crippen LogP contribution is 2.23. The second-order valence-electron chi connectivity index (χ2n) is 6.70. The second kappa shape index (κ2) is 11.1. The molecule has 0 radical (unpaired) electrons. The van der Waals surface area contributed by atoms with E-state index in [4.69, 9.17) is 14.2 Å². The molecule has 0 unspecified atom stereocenters. The van der Waals surface area contributed by atoms with Crippen molar-refractivity contribution in [1.29, 1.82) is 0 Å². The molecular weight excluding hydrogens is 476 g/mol. The average Bonchev–Trinajstić information content (AvgIpc) is 2.80. The highest BCUT2D eigenvalue weighted by molar-refractivity contribution is 9.10. The summed E-state index contributed by atoms with van der Waals surface area (Å²) in [6.07, 6.45) is 1.40. The number of carbonyl (C=O) groups is 2. The largest absolute Gasteiger partial charge is 0.497 e. The van der Waals surface area contributed by atoms with E-state index < -0.39 is 11.9 Å². The Morgan fingerprint density at radius 2 is 1.69 bits per heavy atom. The molecule has 0 saturated carbocycles. The molecule has 0 heterocycles. The number of esters is 1. The molecule has 164 valence electrons. The molecule has 0 atom stereocenters. The molecule has 0 aromatic heterocycles. The van der Waals surface area contributed by atoms with Crippen molar-refractivity contribution in [2.75, 3.05) is 13.7 Å². The van der Waals surface area contributed by atoms with Crippen LogP contribution in [0.25, 0.3) is 0 Å². The number of amides is 1. The Morgan fingerprint density at radius 1 is 1.00 bits per heavy atom. The van der Waals surface area contributed by atoms with Crippen LogP contribution in [0.3, 0.4) is 0 Å². The van der Waals surface area contributed by atoms with Crippen LogP contribution in [0.2, 0.25) is 0 Å². The number of carbonyl (C=O) groups excluding carboxylic acids is 2. The number of hydrogen-bond donors (Lipinski definition) is 1. The van der Waals surface area contributed by atoms with Crippen LogP contribution in [-0.4, -0.2) is 31.8 Å². The Labute approximate surface area is 194 Å². The normalized spacial score (nSPS) is 10.6. The minimum atomic E-state index is -0.487. The predicted octanol–water partition coefficient (Wildman–Crippen LogP) is 4.51. The fourth-order valence-electron chi connectivity index (χ4n) is 2.59. The van der Waals surface area contributed by atoms with Gasteiger partial charge in [0.05, 0.1) is 18.9 Å². The van der Waals surface area contributed by atoms with Gasteiger partial charge in [-0.1, -0.05) is 33.6 Å². The van der Waals surface area contributed by atoms with E-state index in [1.807, 2.05) is 19.1 Å². The summed E-state index contributed by atoms with van der Waals surface area (Å²) in [5, 5.41) is 3.94. The van der Waals surface area contributed by atoms with Crippen LogP contribution >= 0.6 is 15.9 Å². The lowest BCUT2D eigenvalue weighted by Crippen LogP contribution is -2.24. The molecule has 7 nitrogen and oxygen atoms in total. The number of nitrogens with zero attached hydrogens (tertiary/aromatic N) is 1. The van der Waals surface area contributed by atoms with Crippen LogP contribution in [0.5, 0.6) is 17.2 Å². The average molecular weight is 497 g/mol. The van der Waals surface area contributed by atoms with Gasteiger partial charge in [-0.15, -0.1) is 0 Å². The Hall–Kier alpha value is -3.65. The number of methoxy groups -OCH3 is 1. The van der Waals surface area contributed by atoms with Gasteiger partial charge in [-0.3, -0.25) is 4.79 Å². The van der Waals surface area contributed by atoms with Gasteiger partial charge >= 0.3 is 5.97 Å². The van der Waals surface area contributed by atoms with Crippen LogP contribution in [0.1, 0.15) is 21.5 Å². The van der Waals surface area contributed by atoms with Crippen molar-refractivity contribution in [3.8, 4) is 17.2 Å². The number of halogens is 1. The van der Waals surface area contributed by atoms with Gasteiger partial charge in [-0.05, 0) is 61.5 Å². The molecule has 0 spiro atoms. The molecule has 8 heteroatoms. The first-order valence-corrected chi connectivity index (χ1v) is 10.4. The number of hydrogen-bond acceptors (Lipinski definition) is 6. The maximum Gasteiger partial charge on any atom is 0.343 e. The zero-order valence-corrected chi connectivity index (χ0v) is 19.1. The summed E-state index contributed by atoms with van der Waals surface area (Å²) in [6.45, 7) is 1.73. The van der Waals surface area contributed by atoms with Gasteiger partial charge < -0.3 is 14.2 Å². The highest BCUT2D eigenvalue weighted by atomic mass is 79.9. The molecule has 1 amide bonds. The summed E-state index contributed by atoms with van der Waals surface area (Å²) >= 11 is 3.38. The molecule has 0 bridgehead atoms. The van der Waals surface area contributed by atoms with E-state index in [0.717, 1.165) is 10.0 Å². The quantitative estimate of drug-likeness (QED) is 0.214. The SMILES string of the molecule is COc1ccc(OCC(=O)N/N=C\c2cc(Br)ccc2OC(=O)c2ccc(C)cc2)cc1. The maximum atomic E-state index is 12.4. The maximum absolute atomic E-state index is 12.4. The minimum Gasteiger partial charge on any atom is -0.497 e. The Morgan fingerprint density at radius 3 is 2.38 bits per heavy atom. The van der Waals surface area contributed by atoms with E-state index in [-0.39, 0.29) is 6.61 Å². The Bertz CT molecular complexity index is 1110. The number of rotatable bonds is 8. The van der Waals surface area contributed by atoms with Gasteiger partial charge in [-0.25, -0.2) is 10.2 Å². The Balaban J connectivity index is 1.59. The molecule has 3 aromatic rings. The lowest BCUT2D eigenvalue weighted by molar-refractivity contribution is -0.123. The van der Waals surface area contributed by atoms with Crippen molar-refractivity contribution < 1.29 is 23.8 Å². The van der Waals surface area contributed by atoms with Crippen LogP contribution in [0.15, 0.2) is 76.3 Å². The Kier molecular flexibility index (Phi) is 7.99. The third kappa shape index (κ3) is 6.68. The van der Waals surface area contributed by atoms with Gasteiger partial charge in [0.2, 0.25) is 0 Å². The van der Waals surface area contributed by atoms with Gasteiger partial charge in [0.25, 0.3) is 5.91 Å². The fraction of sp³-hybridized carbons (Fsp3) is 0.125. The van der Waals surface area contributed by atoms with E-state index in [2.05, 4.69) is 26.5 Å². The molecule has 0 fully saturated rings. The smallest absolute Gasteiger partial charge is 0.343 e. The van der Waals surface area contributed by atoms with Crippen molar-refractivity contribution in [1.82, 2.24) is 5.43 Å². The van der Waals surface area contributed by atoms with Crippen molar-refractivity contribution in [2.45, 2.75) is 6.92 Å². The summed E-state index contributed by atoms with van der Waals surface area (Å²) in [7, 11) is 1.57. The van der Waals surface area contributed by atoms with Crippen molar-refractivity contribution in [2.24, 2.45) is 5.10 Å². The fourth-order valence-corrected chi connectivity index (χ4v) is 2.97. The van der Waals surface area contributed by atoms with Gasteiger partial charge in [-0.2, -0.15) is 5.10 Å². The van der Waals surface area contributed by atoms with E-state index >= 15 is 0 Å². The van der Waals surface area contributed by atoms with Crippen LogP contribution in [0, 0.1) is 6.92 Å². The van der Waals surface area contributed by atoms with Crippen molar-refractivity contribution >= 4 is 34.0 Å². The lowest BCUT2D eigenvalue weighted by Gasteiger charge is -2.08. The summed E-state index contributed by atoms with van der Waals surface area (Å²) in [4.78, 5) is 24.4. The van der Waals surface area contributed by atoms with E-state index in [1.54, 1.807) is 61.7 Å². The zero-order chi connectivity index (χ0) is 22.9. The standard InChI is InChI=1S/C24H21BrN2O5/c1-16-3-5-17(6-4-16)24(29)32-22-12-7-19(25)13-18(22)14-26-27-23(28)15-31-21-10-8-20(30-2)9-11-21/h3-14H,15H2,1-2H3,(H,27,28)/b26-14-. The molecule has 1 N–H and O–H groups in total. The predicted molar refractivity (Wildman–Crippen MR) is 125 cm³/mol. The molecule has 0 aliphatic heterocycles. The zero-order valence-electron chi connectivity index (χ0n) is 17.5. The van der Waals surface area contributed by atoms with Gasteiger partial charge in [0.15, 0.2) is 6.61 Å². The number of aryl methyl sites for hydroxylation is 1. The third-order valence-electron chi connectivity index (χ3n) is 4.28. The van der Waals surface area contributed by atoms with Crippen molar-refractivity contribution in [3.05, 3.63) is 87.9 Å². The molecule has 0 saturated heterocycles. The summed E-state index contributed by atoms with van der Waals surface area (Å²) in [6, 6.07) is 19.1. The minimum absolute atomic E-state index is 0.211. The van der Waals surface area contributed by atoms with Crippen LogP contribution in [0.4, 0.5) is 0 Å². The summed E-state index contributed by atoms with van der Waals surface area (Å²) in [5.74, 6) is 0.608. The molecule has 3 rings (SSSR count). The number of benzene rings is 3. The summed E-state index contributed by atoms with van der Waals surface area (Å²) < 4.78 is 16.8. The second-order valence-corrected chi connectivity index (χ2v) is 7.61. The van der Waals surface area contributed by atoms with Gasteiger partial charge in [0.1, 0.15) is 17.2 Å². The van der Waals surface area contributed by atoms with E-state index in [1.165, 1.54) is 6.21 Å². The monoisotopic (exact) mass is 496 g/mol. The van der Waals surface area contributed by atoms with Crippen LogP contribution < -0.4 is 19.6 Å². The molecule has 3 aromatic carbocycles. The first-order chi connectivity index (χ1) is 15.4. The van der Waals surface area contributed by atoms with E-state index in [9.17, 15) is 9.59 Å².